The van der Waals surface area contributed by atoms with Crippen LogP contribution in [0, 0.1) is 23.1 Å². The first-order chi connectivity index (χ1) is 26.3. The Morgan fingerprint density at radius 1 is 1.14 bits per heavy atom. The van der Waals surface area contributed by atoms with E-state index in [-0.39, 0.29) is 56.4 Å². The summed E-state index contributed by atoms with van der Waals surface area (Å²) in [7, 11) is -2.98. The molecule has 2 saturated carbocycles. The van der Waals surface area contributed by atoms with Gasteiger partial charge in [-0.25, -0.2) is 22.2 Å². The molecule has 1 aromatic heterocycles. The number of esters is 1. The van der Waals surface area contributed by atoms with Gasteiger partial charge in [-0.2, -0.15) is 0 Å². The number of hydrogen-bond donors (Lipinski definition) is 1. The van der Waals surface area contributed by atoms with Crippen LogP contribution >= 0.6 is 0 Å². The van der Waals surface area contributed by atoms with Crippen molar-refractivity contribution in [3.63, 3.8) is 0 Å². The fraction of sp³-hybridized carbons (Fsp3) is 0.625. The van der Waals surface area contributed by atoms with Crippen molar-refractivity contribution in [1.29, 1.82) is 0 Å². The van der Waals surface area contributed by atoms with Gasteiger partial charge in [-0.1, -0.05) is 12.2 Å². The van der Waals surface area contributed by atoms with E-state index in [1.54, 1.807) is 39.8 Å². The van der Waals surface area contributed by atoms with E-state index in [1.165, 1.54) is 30.3 Å². The molecule has 1 aromatic carbocycles. The smallest absolute Gasteiger partial charge is 0.307 e. The van der Waals surface area contributed by atoms with E-state index in [1.807, 2.05) is 13.0 Å². The van der Waals surface area contributed by atoms with E-state index < -0.39 is 98.4 Å². The van der Waals surface area contributed by atoms with E-state index in [9.17, 15) is 36.4 Å². The minimum atomic E-state index is -4.38. The molecule has 16 heteroatoms. The number of methoxy groups -OCH3 is 1. The lowest BCUT2D eigenvalue weighted by Gasteiger charge is -2.32. The summed E-state index contributed by atoms with van der Waals surface area (Å²) in [6.45, 7) is 7.40. The Kier molecular flexibility index (Phi) is 11.6. The van der Waals surface area contributed by atoms with Gasteiger partial charge in [-0.3, -0.25) is 23.9 Å². The Balaban J connectivity index is 1.36. The number of amides is 2. The molecule has 1 saturated heterocycles. The van der Waals surface area contributed by atoms with E-state index in [0.29, 0.717) is 23.6 Å². The number of carbonyl (C=O) groups is 4. The van der Waals surface area contributed by atoms with Gasteiger partial charge >= 0.3 is 5.97 Å². The number of pyridine rings is 1. The fourth-order valence-electron chi connectivity index (χ4n) is 7.90. The second-order valence-electron chi connectivity index (χ2n) is 16.7. The number of nitrogens with zero attached hydrogens (tertiary/aromatic N) is 2. The van der Waals surface area contributed by atoms with Crippen LogP contribution in [-0.2, 0) is 38.7 Å². The molecule has 0 bridgehead atoms. The average molecular weight is 804 g/mol. The second kappa shape index (κ2) is 15.6. The van der Waals surface area contributed by atoms with Crippen molar-refractivity contribution in [1.82, 2.24) is 14.6 Å². The lowest BCUT2D eigenvalue weighted by atomic mass is 9.90. The van der Waals surface area contributed by atoms with Crippen LogP contribution in [0.15, 0.2) is 36.5 Å². The third-order valence-corrected chi connectivity index (χ3v) is 13.5. The summed E-state index contributed by atoms with van der Waals surface area (Å²) in [6, 6.07) is 2.94. The standard InChI is InChI=1S/C40H51F2N3O10S/c1-23-9-7-8-10-25-19-40(25,37(49)44-56(50,51)39(22-41)12-13-39)20-32(46)31-17-27(54-35-30-15-26(42)16-33(52-6)28(30)11-14-43-35)21-45(31)36(48)29(24(2)53-23)18-34(47)55-38(3,4)5/h8,10-11,14-16,23-25,27,29,31H,7,9,12-13,17-22H2,1-6H3,(H,44,49)/b10-8-/t23-,24+,25-,27-,29+,31+,40-/m1/s1. The highest BCUT2D eigenvalue weighted by Crippen LogP contribution is 2.58. The van der Waals surface area contributed by atoms with Gasteiger partial charge in [0.2, 0.25) is 27.7 Å². The number of ketones is 1. The quantitative estimate of drug-likeness (QED) is 0.264. The fourth-order valence-corrected chi connectivity index (χ4v) is 9.35. The van der Waals surface area contributed by atoms with Gasteiger partial charge in [0, 0.05) is 30.5 Å². The van der Waals surface area contributed by atoms with Crippen molar-refractivity contribution in [3.8, 4) is 11.6 Å². The van der Waals surface area contributed by atoms with Gasteiger partial charge in [-0.15, -0.1) is 0 Å². The molecule has 4 aliphatic rings. The van der Waals surface area contributed by atoms with E-state index >= 15 is 0 Å². The Labute approximate surface area is 325 Å². The highest BCUT2D eigenvalue weighted by atomic mass is 32.2. The number of ether oxygens (including phenoxy) is 4. The van der Waals surface area contributed by atoms with Crippen molar-refractivity contribution in [2.24, 2.45) is 17.3 Å². The Bertz CT molecular complexity index is 2020. The Hall–Kier alpha value is -4.18. The van der Waals surface area contributed by atoms with Crippen LogP contribution in [0.5, 0.6) is 11.6 Å². The second-order valence-corrected chi connectivity index (χ2v) is 18.8. The minimum absolute atomic E-state index is 0.0408. The largest absolute Gasteiger partial charge is 0.496 e. The van der Waals surface area contributed by atoms with Crippen LogP contribution < -0.4 is 14.2 Å². The first-order valence-electron chi connectivity index (χ1n) is 19.1. The maximum absolute atomic E-state index is 14.8. The van der Waals surface area contributed by atoms with Crippen molar-refractivity contribution < 1.29 is 55.3 Å². The van der Waals surface area contributed by atoms with Crippen molar-refractivity contribution in [2.75, 3.05) is 20.3 Å². The lowest BCUT2D eigenvalue weighted by molar-refractivity contribution is -0.163. The third-order valence-electron chi connectivity index (χ3n) is 11.4. The number of benzene rings is 1. The van der Waals surface area contributed by atoms with Crippen LogP contribution in [-0.4, -0.2) is 96.9 Å². The first kappa shape index (κ1) is 41.5. The number of hydrogen-bond acceptors (Lipinski definition) is 11. The summed E-state index contributed by atoms with van der Waals surface area (Å²) >= 11 is 0. The molecule has 3 fully saturated rings. The summed E-state index contributed by atoms with van der Waals surface area (Å²) in [5.74, 6) is -4.50. The van der Waals surface area contributed by atoms with Crippen molar-refractivity contribution in [3.05, 3.63) is 42.4 Å². The molecule has 3 heterocycles. The number of fused-ring (bicyclic) bond motifs is 3. The van der Waals surface area contributed by atoms with Gasteiger partial charge < -0.3 is 23.8 Å². The minimum Gasteiger partial charge on any atom is -0.496 e. The van der Waals surface area contributed by atoms with E-state index in [4.69, 9.17) is 18.9 Å². The molecule has 2 aromatic rings. The molecule has 7 atom stereocenters. The van der Waals surface area contributed by atoms with E-state index in [0.717, 1.165) is 0 Å². The molecule has 6 rings (SSSR count). The predicted molar refractivity (Wildman–Crippen MR) is 200 cm³/mol. The van der Waals surface area contributed by atoms with Crippen molar-refractivity contribution in [2.45, 2.75) is 121 Å². The van der Waals surface area contributed by atoms with Crippen LogP contribution in [0.4, 0.5) is 8.78 Å². The summed E-state index contributed by atoms with van der Waals surface area (Å²) in [5, 5.41) is 0.823. The number of sulfonamides is 1. The molecule has 2 aliphatic heterocycles. The molecule has 56 heavy (non-hydrogen) atoms. The zero-order chi connectivity index (χ0) is 40.8. The molecule has 2 aliphatic carbocycles. The number of Topliss-reactive ketones (excluding diaryl/α,β-unsaturated/α-hetero) is 1. The highest BCUT2D eigenvalue weighted by molar-refractivity contribution is 7.91. The lowest BCUT2D eigenvalue weighted by Crippen LogP contribution is -2.49. The number of rotatable bonds is 9. The number of aromatic nitrogens is 1. The molecule has 306 valence electrons. The zero-order valence-corrected chi connectivity index (χ0v) is 33.5. The van der Waals surface area contributed by atoms with Crippen LogP contribution in [0.3, 0.4) is 0 Å². The van der Waals surface area contributed by atoms with Gasteiger partial charge in [0.15, 0.2) is 5.78 Å². The number of nitrogens with one attached hydrogen (secondary N) is 1. The van der Waals surface area contributed by atoms with E-state index in [2.05, 4.69) is 9.71 Å². The summed E-state index contributed by atoms with van der Waals surface area (Å²) in [6.07, 6.45) is 3.68. The molecule has 2 amide bonds. The van der Waals surface area contributed by atoms with Crippen molar-refractivity contribution >= 4 is 44.4 Å². The molecular weight excluding hydrogens is 753 g/mol. The molecule has 0 unspecified atom stereocenters. The topological polar surface area (TPSA) is 168 Å². The molecule has 1 N–H and O–H groups in total. The predicted octanol–water partition coefficient (Wildman–Crippen LogP) is 5.14. The summed E-state index contributed by atoms with van der Waals surface area (Å²) in [4.78, 5) is 62.2. The molecule has 13 nitrogen and oxygen atoms in total. The van der Waals surface area contributed by atoms with Gasteiger partial charge in [0.1, 0.15) is 34.7 Å². The molecule has 0 spiro atoms. The Morgan fingerprint density at radius 2 is 1.88 bits per heavy atom. The number of halogens is 2. The summed E-state index contributed by atoms with van der Waals surface area (Å²) in [5.41, 5.74) is -2.30. The third kappa shape index (κ3) is 8.55. The SMILES string of the molecule is COc1cc(F)cc2c(O[C@@H]3C[C@H]4C(=O)C[C@]5(C(=O)NS(=O)(=O)C6(CF)CC6)C[C@H]5/C=C\CC[C@@H](C)O[C@@H](C)[C@H](CC(=O)OC(C)(C)C)C(=O)N4C3)nccc12. The highest BCUT2D eigenvalue weighted by Gasteiger charge is 2.63. The van der Waals surface area contributed by atoms with Gasteiger partial charge in [0.25, 0.3) is 0 Å². The van der Waals surface area contributed by atoms with Crippen LogP contribution in [0.25, 0.3) is 10.8 Å². The Morgan fingerprint density at radius 3 is 2.54 bits per heavy atom. The molecular formula is C40H51F2N3O10S. The average Bonchev–Trinajstić information content (AvgIpc) is 4.02. The maximum Gasteiger partial charge on any atom is 0.307 e. The maximum atomic E-state index is 14.8. The monoisotopic (exact) mass is 803 g/mol. The van der Waals surface area contributed by atoms with Gasteiger partial charge in [0.05, 0.1) is 55.0 Å². The summed E-state index contributed by atoms with van der Waals surface area (Å²) < 4.78 is 78.9. The number of alkyl halides is 1. The molecule has 0 radical (unpaired) electrons. The first-order valence-corrected chi connectivity index (χ1v) is 20.6. The number of allylic oxidation sites excluding steroid dienone is 2. The van der Waals surface area contributed by atoms with Crippen LogP contribution in [0.1, 0.15) is 86.0 Å². The number of carbonyl (C=O) groups excluding carboxylic acids is 4. The van der Waals surface area contributed by atoms with Crippen LogP contribution in [0.2, 0.25) is 0 Å². The normalized spacial score (nSPS) is 30.0. The van der Waals surface area contributed by atoms with Gasteiger partial charge in [-0.05, 0) is 84.8 Å². The zero-order valence-electron chi connectivity index (χ0n) is 32.6.